The van der Waals surface area contributed by atoms with Gasteiger partial charge in [0.25, 0.3) is 5.91 Å². The third-order valence-corrected chi connectivity index (χ3v) is 2.93. The standard InChI is InChI=1S/C14H17N5O2/c1-2-7-19(9-13(15)18-21)14(20)12-8-16-10-5-3-4-6-11(10)17-12/h3-6,8,21H,2,7,9H2,1H3,(H2,15,18). The van der Waals surface area contributed by atoms with E-state index in [4.69, 9.17) is 10.9 Å². The van der Waals surface area contributed by atoms with Crippen LogP contribution >= 0.6 is 0 Å². The molecule has 2 aromatic rings. The summed E-state index contributed by atoms with van der Waals surface area (Å²) >= 11 is 0. The number of oxime groups is 1. The van der Waals surface area contributed by atoms with Gasteiger partial charge in [-0.1, -0.05) is 24.2 Å². The molecule has 0 radical (unpaired) electrons. The zero-order valence-corrected chi connectivity index (χ0v) is 11.7. The molecule has 0 saturated heterocycles. The monoisotopic (exact) mass is 287 g/mol. The maximum atomic E-state index is 12.5. The molecule has 0 atom stereocenters. The van der Waals surface area contributed by atoms with Crippen LogP contribution in [0.25, 0.3) is 11.0 Å². The van der Waals surface area contributed by atoms with Crippen molar-refractivity contribution in [2.24, 2.45) is 10.9 Å². The minimum absolute atomic E-state index is 0.0226. The Kier molecular flexibility index (Phi) is 4.65. The molecule has 0 bridgehead atoms. The van der Waals surface area contributed by atoms with Crippen LogP contribution in [0.4, 0.5) is 0 Å². The lowest BCUT2D eigenvalue weighted by Crippen LogP contribution is -2.39. The Bertz CT molecular complexity index is 671. The number of carbonyl (C=O) groups is 1. The van der Waals surface area contributed by atoms with Gasteiger partial charge in [0.15, 0.2) is 5.84 Å². The molecule has 110 valence electrons. The van der Waals surface area contributed by atoms with Gasteiger partial charge in [0, 0.05) is 6.54 Å². The van der Waals surface area contributed by atoms with E-state index in [-0.39, 0.29) is 24.0 Å². The van der Waals surface area contributed by atoms with Crippen molar-refractivity contribution < 1.29 is 10.0 Å². The van der Waals surface area contributed by atoms with Crippen molar-refractivity contribution in [3.8, 4) is 0 Å². The minimum Gasteiger partial charge on any atom is -0.409 e. The first-order valence-electron chi connectivity index (χ1n) is 6.63. The molecule has 7 nitrogen and oxygen atoms in total. The highest BCUT2D eigenvalue weighted by molar-refractivity contribution is 5.96. The van der Waals surface area contributed by atoms with Crippen LogP contribution in [0, 0.1) is 0 Å². The van der Waals surface area contributed by atoms with Crippen molar-refractivity contribution in [1.82, 2.24) is 14.9 Å². The molecule has 0 aliphatic heterocycles. The van der Waals surface area contributed by atoms with Crippen molar-refractivity contribution in [3.05, 3.63) is 36.2 Å². The van der Waals surface area contributed by atoms with Crippen LogP contribution in [0.5, 0.6) is 0 Å². The molecule has 1 aromatic heterocycles. The van der Waals surface area contributed by atoms with Gasteiger partial charge in [-0.25, -0.2) is 4.98 Å². The number of hydrogen-bond acceptors (Lipinski definition) is 5. The first-order valence-corrected chi connectivity index (χ1v) is 6.63. The number of carbonyl (C=O) groups excluding carboxylic acids is 1. The van der Waals surface area contributed by atoms with Crippen LogP contribution in [-0.4, -0.2) is 44.9 Å². The number of fused-ring (bicyclic) bond motifs is 1. The van der Waals surface area contributed by atoms with Gasteiger partial charge in [0.2, 0.25) is 0 Å². The molecule has 0 fully saturated rings. The predicted molar refractivity (Wildman–Crippen MR) is 79.1 cm³/mol. The second kappa shape index (κ2) is 6.65. The number of rotatable bonds is 5. The molecule has 21 heavy (non-hydrogen) atoms. The van der Waals surface area contributed by atoms with Crippen molar-refractivity contribution in [3.63, 3.8) is 0 Å². The van der Waals surface area contributed by atoms with E-state index >= 15 is 0 Å². The van der Waals surface area contributed by atoms with Crippen LogP contribution < -0.4 is 5.73 Å². The number of para-hydroxylation sites is 2. The number of amides is 1. The van der Waals surface area contributed by atoms with Gasteiger partial charge in [-0.05, 0) is 18.6 Å². The summed E-state index contributed by atoms with van der Waals surface area (Å²) in [6.45, 7) is 2.49. The highest BCUT2D eigenvalue weighted by Gasteiger charge is 2.18. The minimum atomic E-state index is -0.290. The van der Waals surface area contributed by atoms with Crippen molar-refractivity contribution in [1.29, 1.82) is 0 Å². The average molecular weight is 287 g/mol. The van der Waals surface area contributed by atoms with Crippen molar-refractivity contribution >= 4 is 22.8 Å². The van der Waals surface area contributed by atoms with Gasteiger partial charge in [0.05, 0.1) is 23.8 Å². The van der Waals surface area contributed by atoms with Crippen molar-refractivity contribution in [2.75, 3.05) is 13.1 Å². The van der Waals surface area contributed by atoms with Crippen LogP contribution in [0.2, 0.25) is 0 Å². The SMILES string of the molecule is CCCN(C/C(N)=N/O)C(=O)c1cnc2ccccc2n1. The van der Waals surface area contributed by atoms with Gasteiger partial charge < -0.3 is 15.8 Å². The highest BCUT2D eigenvalue weighted by atomic mass is 16.4. The summed E-state index contributed by atoms with van der Waals surface area (Å²) in [6.07, 6.45) is 2.20. The molecule has 3 N–H and O–H groups in total. The fraction of sp³-hybridized carbons (Fsp3) is 0.286. The molecule has 0 saturated carbocycles. The fourth-order valence-corrected chi connectivity index (χ4v) is 1.97. The van der Waals surface area contributed by atoms with Gasteiger partial charge >= 0.3 is 0 Å². The van der Waals surface area contributed by atoms with Crippen molar-refractivity contribution in [2.45, 2.75) is 13.3 Å². The third kappa shape index (κ3) is 3.44. The molecule has 0 aliphatic rings. The van der Waals surface area contributed by atoms with E-state index in [2.05, 4.69) is 15.1 Å². The summed E-state index contributed by atoms with van der Waals surface area (Å²) in [7, 11) is 0. The third-order valence-electron chi connectivity index (χ3n) is 2.93. The molecule has 2 rings (SSSR count). The Hall–Kier alpha value is -2.70. The van der Waals surface area contributed by atoms with Crippen LogP contribution in [-0.2, 0) is 0 Å². The van der Waals surface area contributed by atoms with E-state index in [1.165, 1.54) is 11.1 Å². The highest BCUT2D eigenvalue weighted by Crippen LogP contribution is 2.10. The molecule has 1 amide bonds. The lowest BCUT2D eigenvalue weighted by molar-refractivity contribution is 0.0772. The zero-order valence-electron chi connectivity index (χ0n) is 11.7. The van der Waals surface area contributed by atoms with E-state index in [0.29, 0.717) is 12.1 Å². The summed E-state index contributed by atoms with van der Waals surface area (Å²) in [4.78, 5) is 22.5. The largest absolute Gasteiger partial charge is 0.409 e. The second-order valence-corrected chi connectivity index (χ2v) is 4.56. The normalized spacial score (nSPS) is 11.6. The van der Waals surface area contributed by atoms with E-state index in [1.54, 1.807) is 6.07 Å². The topological polar surface area (TPSA) is 105 Å². The summed E-state index contributed by atoms with van der Waals surface area (Å²) in [5.41, 5.74) is 7.11. The number of nitrogens with zero attached hydrogens (tertiary/aromatic N) is 4. The van der Waals surface area contributed by atoms with Gasteiger partial charge in [-0.3, -0.25) is 9.78 Å². The number of benzene rings is 1. The smallest absolute Gasteiger partial charge is 0.274 e. The van der Waals surface area contributed by atoms with Gasteiger partial charge in [-0.2, -0.15) is 0 Å². The van der Waals surface area contributed by atoms with Gasteiger partial charge in [-0.15, -0.1) is 0 Å². The lowest BCUT2D eigenvalue weighted by atomic mass is 10.2. The molecule has 7 heteroatoms. The quantitative estimate of drug-likeness (QED) is 0.372. The van der Waals surface area contributed by atoms with E-state index in [1.807, 2.05) is 25.1 Å². The molecule has 0 unspecified atom stereocenters. The van der Waals surface area contributed by atoms with E-state index in [0.717, 1.165) is 11.9 Å². The van der Waals surface area contributed by atoms with E-state index in [9.17, 15) is 4.79 Å². The molecular weight excluding hydrogens is 270 g/mol. The summed E-state index contributed by atoms with van der Waals surface area (Å²) < 4.78 is 0. The Labute approximate surface area is 122 Å². The Morgan fingerprint density at radius 2 is 2.10 bits per heavy atom. The maximum Gasteiger partial charge on any atom is 0.274 e. The fourth-order valence-electron chi connectivity index (χ4n) is 1.97. The lowest BCUT2D eigenvalue weighted by Gasteiger charge is -2.20. The molecule has 1 aromatic carbocycles. The molecule has 1 heterocycles. The summed E-state index contributed by atoms with van der Waals surface area (Å²) in [5.74, 6) is -0.313. The van der Waals surface area contributed by atoms with Gasteiger partial charge in [0.1, 0.15) is 5.69 Å². The Morgan fingerprint density at radius 1 is 1.38 bits per heavy atom. The number of hydrogen-bond donors (Lipinski definition) is 2. The average Bonchev–Trinajstić information content (AvgIpc) is 2.53. The maximum absolute atomic E-state index is 12.5. The Balaban J connectivity index is 2.29. The zero-order chi connectivity index (χ0) is 15.2. The molecule has 0 spiro atoms. The first-order chi connectivity index (χ1) is 10.2. The Morgan fingerprint density at radius 3 is 2.76 bits per heavy atom. The van der Waals surface area contributed by atoms with Crippen LogP contribution in [0.3, 0.4) is 0 Å². The van der Waals surface area contributed by atoms with E-state index < -0.39 is 0 Å². The summed E-state index contributed by atoms with van der Waals surface area (Å²) in [6, 6.07) is 7.33. The number of aromatic nitrogens is 2. The number of nitrogens with two attached hydrogens (primary N) is 1. The van der Waals surface area contributed by atoms with Crippen LogP contribution in [0.1, 0.15) is 23.8 Å². The number of amidine groups is 1. The van der Waals surface area contributed by atoms with Crippen LogP contribution in [0.15, 0.2) is 35.6 Å². The summed E-state index contributed by atoms with van der Waals surface area (Å²) in [5, 5.41) is 11.5. The molecule has 0 aliphatic carbocycles. The molecular formula is C14H17N5O2. The second-order valence-electron chi connectivity index (χ2n) is 4.56. The first kappa shape index (κ1) is 14.7. The predicted octanol–water partition coefficient (Wildman–Crippen LogP) is 1.23.